The van der Waals surface area contributed by atoms with Gasteiger partial charge in [-0.05, 0) is 34.1 Å². The second-order valence-electron chi connectivity index (χ2n) is 3.45. The van der Waals surface area contributed by atoms with Gasteiger partial charge < -0.3 is 4.98 Å². The summed E-state index contributed by atoms with van der Waals surface area (Å²) in [6, 6.07) is 11.2. The minimum Gasteiger partial charge on any atom is -0.353 e. The van der Waals surface area contributed by atoms with E-state index in [1.807, 2.05) is 24.3 Å². The van der Waals surface area contributed by atoms with Crippen LogP contribution >= 0.6 is 15.9 Å². The van der Waals surface area contributed by atoms with Gasteiger partial charge >= 0.3 is 0 Å². The molecule has 0 unspecified atom stereocenters. The quantitative estimate of drug-likeness (QED) is 0.625. The third-order valence-corrected chi connectivity index (χ3v) is 3.35. The van der Waals surface area contributed by atoms with Crippen LogP contribution in [0.1, 0.15) is 0 Å². The summed E-state index contributed by atoms with van der Waals surface area (Å²) in [6.07, 6.45) is 0. The molecule has 3 rings (SSSR count). The Balaban J connectivity index is 2.60. The van der Waals surface area contributed by atoms with Crippen LogP contribution < -0.4 is 0 Å². The standard InChI is InChI=1S/C12H7BrFN/c13-11-9(14)6-5-8-7-3-1-2-4-10(7)15-12(8)11/h1-6,15H. The van der Waals surface area contributed by atoms with Gasteiger partial charge in [-0.3, -0.25) is 0 Å². The first kappa shape index (κ1) is 8.92. The highest BCUT2D eigenvalue weighted by molar-refractivity contribution is 9.10. The van der Waals surface area contributed by atoms with Crippen LogP contribution in [-0.4, -0.2) is 4.98 Å². The first-order chi connectivity index (χ1) is 7.27. The van der Waals surface area contributed by atoms with Gasteiger partial charge in [0, 0.05) is 16.3 Å². The van der Waals surface area contributed by atoms with Crippen molar-refractivity contribution in [3.8, 4) is 0 Å². The molecule has 0 amide bonds. The molecule has 0 aliphatic heterocycles. The highest BCUT2D eigenvalue weighted by Gasteiger charge is 2.09. The van der Waals surface area contributed by atoms with Crippen LogP contribution in [0.15, 0.2) is 40.9 Å². The highest BCUT2D eigenvalue weighted by atomic mass is 79.9. The molecule has 3 heteroatoms. The van der Waals surface area contributed by atoms with Crippen LogP contribution in [0.3, 0.4) is 0 Å². The molecule has 2 aromatic carbocycles. The van der Waals surface area contributed by atoms with Crippen molar-refractivity contribution in [3.05, 3.63) is 46.7 Å². The molecule has 0 spiro atoms. The number of hydrogen-bond donors (Lipinski definition) is 1. The van der Waals surface area contributed by atoms with Gasteiger partial charge in [0.1, 0.15) is 5.82 Å². The topological polar surface area (TPSA) is 15.8 Å². The molecule has 0 aliphatic rings. The number of para-hydroxylation sites is 1. The maximum absolute atomic E-state index is 13.3. The van der Waals surface area contributed by atoms with E-state index in [9.17, 15) is 4.39 Å². The van der Waals surface area contributed by atoms with Crippen molar-refractivity contribution in [2.45, 2.75) is 0 Å². The fourth-order valence-electron chi connectivity index (χ4n) is 1.86. The van der Waals surface area contributed by atoms with Crippen molar-refractivity contribution in [1.82, 2.24) is 4.98 Å². The molecular formula is C12H7BrFN. The number of aromatic nitrogens is 1. The molecule has 0 radical (unpaired) electrons. The van der Waals surface area contributed by atoms with E-state index in [1.165, 1.54) is 6.07 Å². The molecule has 0 saturated heterocycles. The Kier molecular flexibility index (Phi) is 1.83. The Morgan fingerprint density at radius 2 is 1.80 bits per heavy atom. The Bertz CT molecular complexity index is 657. The highest BCUT2D eigenvalue weighted by Crippen LogP contribution is 2.31. The third kappa shape index (κ3) is 1.20. The minimum atomic E-state index is -0.242. The lowest BCUT2D eigenvalue weighted by molar-refractivity contribution is 0.623. The molecule has 74 valence electrons. The smallest absolute Gasteiger partial charge is 0.139 e. The van der Waals surface area contributed by atoms with Crippen molar-refractivity contribution in [3.63, 3.8) is 0 Å². The predicted molar refractivity (Wildman–Crippen MR) is 63.5 cm³/mol. The van der Waals surface area contributed by atoms with Crippen LogP contribution in [0.25, 0.3) is 21.8 Å². The maximum Gasteiger partial charge on any atom is 0.139 e. The first-order valence-electron chi connectivity index (χ1n) is 4.62. The molecule has 1 N–H and O–H groups in total. The summed E-state index contributed by atoms with van der Waals surface area (Å²) in [7, 11) is 0. The predicted octanol–water partition coefficient (Wildman–Crippen LogP) is 4.22. The Hall–Kier alpha value is -1.35. The summed E-state index contributed by atoms with van der Waals surface area (Å²) < 4.78 is 13.8. The van der Waals surface area contributed by atoms with E-state index < -0.39 is 0 Å². The van der Waals surface area contributed by atoms with Crippen molar-refractivity contribution in [2.75, 3.05) is 0 Å². The Morgan fingerprint density at radius 1 is 1.00 bits per heavy atom. The van der Waals surface area contributed by atoms with Gasteiger partial charge in [-0.25, -0.2) is 4.39 Å². The zero-order valence-electron chi connectivity index (χ0n) is 7.72. The van der Waals surface area contributed by atoms with E-state index in [0.29, 0.717) is 4.47 Å². The average Bonchev–Trinajstić information content (AvgIpc) is 2.63. The average molecular weight is 264 g/mol. The van der Waals surface area contributed by atoms with Gasteiger partial charge in [-0.15, -0.1) is 0 Å². The second-order valence-corrected chi connectivity index (χ2v) is 4.25. The van der Waals surface area contributed by atoms with Crippen molar-refractivity contribution in [1.29, 1.82) is 0 Å². The maximum atomic E-state index is 13.3. The molecule has 1 nitrogen and oxygen atoms in total. The second kappa shape index (κ2) is 3.07. The van der Waals surface area contributed by atoms with Gasteiger partial charge in [-0.1, -0.05) is 18.2 Å². The summed E-state index contributed by atoms with van der Waals surface area (Å²) in [5.41, 5.74) is 1.84. The molecule has 1 aromatic heterocycles. The van der Waals surface area contributed by atoms with Gasteiger partial charge in [0.2, 0.25) is 0 Å². The lowest BCUT2D eigenvalue weighted by Gasteiger charge is -1.95. The van der Waals surface area contributed by atoms with E-state index in [1.54, 1.807) is 6.07 Å². The number of fused-ring (bicyclic) bond motifs is 3. The Morgan fingerprint density at radius 3 is 2.67 bits per heavy atom. The SMILES string of the molecule is Fc1ccc2c([nH]c3ccccc32)c1Br. The molecule has 1 heterocycles. The molecule has 0 fully saturated rings. The lowest BCUT2D eigenvalue weighted by Crippen LogP contribution is -1.77. The fourth-order valence-corrected chi connectivity index (χ4v) is 2.30. The van der Waals surface area contributed by atoms with Gasteiger partial charge in [0.15, 0.2) is 0 Å². The molecule has 0 saturated carbocycles. The summed E-state index contributed by atoms with van der Waals surface area (Å²) in [6.45, 7) is 0. The number of aromatic amines is 1. The summed E-state index contributed by atoms with van der Waals surface area (Å²) >= 11 is 3.25. The van der Waals surface area contributed by atoms with Crippen LogP contribution in [0, 0.1) is 5.82 Å². The van der Waals surface area contributed by atoms with Gasteiger partial charge in [0.25, 0.3) is 0 Å². The first-order valence-corrected chi connectivity index (χ1v) is 5.41. The van der Waals surface area contributed by atoms with E-state index in [2.05, 4.69) is 20.9 Å². The number of rotatable bonds is 0. The van der Waals surface area contributed by atoms with Crippen LogP contribution in [0.4, 0.5) is 4.39 Å². The lowest BCUT2D eigenvalue weighted by atomic mass is 10.1. The normalized spacial score (nSPS) is 11.3. The van der Waals surface area contributed by atoms with E-state index >= 15 is 0 Å². The van der Waals surface area contributed by atoms with Gasteiger partial charge in [0.05, 0.1) is 9.99 Å². The molecule has 0 aliphatic carbocycles. The van der Waals surface area contributed by atoms with Crippen LogP contribution in [0.2, 0.25) is 0 Å². The minimum absolute atomic E-state index is 0.242. The Labute approximate surface area is 94.0 Å². The molecule has 0 atom stereocenters. The van der Waals surface area contributed by atoms with Crippen molar-refractivity contribution >= 4 is 37.7 Å². The van der Waals surface area contributed by atoms with Crippen LogP contribution in [0.5, 0.6) is 0 Å². The fraction of sp³-hybridized carbons (Fsp3) is 0. The zero-order chi connectivity index (χ0) is 10.4. The van der Waals surface area contributed by atoms with E-state index in [-0.39, 0.29) is 5.82 Å². The van der Waals surface area contributed by atoms with E-state index in [4.69, 9.17) is 0 Å². The summed E-state index contributed by atoms with van der Waals surface area (Å²) in [5, 5.41) is 2.16. The van der Waals surface area contributed by atoms with Crippen LogP contribution in [-0.2, 0) is 0 Å². The molecule has 3 aromatic rings. The molecular weight excluding hydrogens is 257 g/mol. The summed E-state index contributed by atoms with van der Waals surface area (Å²) in [5.74, 6) is -0.242. The summed E-state index contributed by atoms with van der Waals surface area (Å²) in [4.78, 5) is 3.20. The number of H-pyrrole nitrogens is 1. The van der Waals surface area contributed by atoms with Crippen molar-refractivity contribution < 1.29 is 4.39 Å². The largest absolute Gasteiger partial charge is 0.353 e. The third-order valence-electron chi connectivity index (χ3n) is 2.57. The number of nitrogens with one attached hydrogen (secondary N) is 1. The van der Waals surface area contributed by atoms with Gasteiger partial charge in [-0.2, -0.15) is 0 Å². The number of benzene rings is 2. The van der Waals surface area contributed by atoms with E-state index in [0.717, 1.165) is 21.8 Å². The number of hydrogen-bond acceptors (Lipinski definition) is 0. The molecule has 15 heavy (non-hydrogen) atoms. The zero-order valence-corrected chi connectivity index (χ0v) is 9.31. The number of halogens is 2. The van der Waals surface area contributed by atoms with Crippen molar-refractivity contribution in [2.24, 2.45) is 0 Å². The molecule has 0 bridgehead atoms. The monoisotopic (exact) mass is 263 g/mol.